The molecule has 3 fully saturated rings. The van der Waals surface area contributed by atoms with Crippen molar-refractivity contribution in [2.45, 2.75) is 63.5 Å². The minimum absolute atomic E-state index is 0.0559. The second-order valence-corrected chi connectivity index (χ2v) is 8.00. The maximum absolute atomic E-state index is 12.5. The van der Waals surface area contributed by atoms with E-state index in [0.29, 0.717) is 17.5 Å². The van der Waals surface area contributed by atoms with E-state index in [2.05, 4.69) is 20.2 Å². The summed E-state index contributed by atoms with van der Waals surface area (Å²) in [6.07, 6.45) is 12.2. The van der Waals surface area contributed by atoms with Gasteiger partial charge in [-0.1, -0.05) is 19.3 Å². The molecule has 0 spiro atoms. The van der Waals surface area contributed by atoms with E-state index in [4.69, 9.17) is 0 Å². The average Bonchev–Trinajstić information content (AvgIpc) is 3.39. The summed E-state index contributed by atoms with van der Waals surface area (Å²) in [5.41, 5.74) is 0.212. The van der Waals surface area contributed by atoms with Crippen molar-refractivity contribution in [3.05, 3.63) is 28.4 Å². The van der Waals surface area contributed by atoms with E-state index < -0.39 is 0 Å². The Balaban J connectivity index is 1.38. The Morgan fingerprint density at radius 1 is 1.20 bits per heavy atom. The Kier molecular flexibility index (Phi) is 4.88. The third-order valence-electron chi connectivity index (χ3n) is 6.20. The van der Waals surface area contributed by atoms with Crippen LogP contribution in [0.4, 0.5) is 0 Å². The molecule has 1 saturated heterocycles. The number of hydrogen-bond acceptors (Lipinski definition) is 4. The highest BCUT2D eigenvalue weighted by Crippen LogP contribution is 2.42. The summed E-state index contributed by atoms with van der Waals surface area (Å²) >= 11 is 0. The molecule has 4 rings (SSSR count). The normalized spacial score (nSPS) is 28.2. The van der Waals surface area contributed by atoms with Gasteiger partial charge in [-0.2, -0.15) is 0 Å². The first-order valence-electron chi connectivity index (χ1n) is 9.75. The van der Waals surface area contributed by atoms with E-state index in [1.807, 2.05) is 0 Å². The molecule has 2 heterocycles. The number of likely N-dealkylation sites (tertiary alicyclic amines) is 1. The second-order valence-electron chi connectivity index (χ2n) is 8.00. The van der Waals surface area contributed by atoms with Crippen molar-refractivity contribution in [1.82, 2.24) is 20.2 Å². The Morgan fingerprint density at radius 3 is 2.72 bits per heavy atom. The van der Waals surface area contributed by atoms with Gasteiger partial charge in [0.2, 0.25) is 5.91 Å². The Bertz CT molecular complexity index is 663. The van der Waals surface area contributed by atoms with Gasteiger partial charge in [0.05, 0.1) is 12.7 Å². The highest BCUT2D eigenvalue weighted by atomic mass is 16.2. The number of H-pyrrole nitrogens is 1. The molecule has 0 radical (unpaired) electrons. The molecule has 2 atom stereocenters. The number of nitrogens with zero attached hydrogens (tertiary/aromatic N) is 2. The van der Waals surface area contributed by atoms with Crippen LogP contribution in [-0.4, -0.2) is 45.9 Å². The number of aromatic nitrogens is 2. The molecule has 6 heteroatoms. The number of aromatic amines is 1. The fourth-order valence-corrected chi connectivity index (χ4v) is 4.69. The van der Waals surface area contributed by atoms with Gasteiger partial charge in [-0.3, -0.25) is 14.5 Å². The molecule has 0 unspecified atom stereocenters. The van der Waals surface area contributed by atoms with Crippen LogP contribution in [-0.2, 0) is 11.2 Å². The molecule has 25 heavy (non-hydrogen) atoms. The molecule has 1 aromatic rings. The molecule has 136 valence electrons. The monoisotopic (exact) mass is 344 g/mol. The molecule has 0 bridgehead atoms. The molecule has 1 aromatic heterocycles. The fourth-order valence-electron chi connectivity index (χ4n) is 4.69. The predicted molar refractivity (Wildman–Crippen MR) is 95.2 cm³/mol. The van der Waals surface area contributed by atoms with E-state index in [1.54, 1.807) is 0 Å². The molecule has 6 nitrogen and oxygen atoms in total. The van der Waals surface area contributed by atoms with Crippen molar-refractivity contribution >= 4 is 5.91 Å². The molecule has 1 amide bonds. The number of carbonyl (C=O) groups is 1. The molecule has 0 aromatic carbocycles. The van der Waals surface area contributed by atoms with Gasteiger partial charge < -0.3 is 10.3 Å². The van der Waals surface area contributed by atoms with Crippen molar-refractivity contribution in [3.8, 4) is 0 Å². The van der Waals surface area contributed by atoms with Crippen molar-refractivity contribution in [3.63, 3.8) is 0 Å². The maximum Gasteiger partial charge on any atom is 0.254 e. The third-order valence-corrected chi connectivity index (χ3v) is 6.20. The first-order chi connectivity index (χ1) is 12.2. The van der Waals surface area contributed by atoms with Crippen molar-refractivity contribution in [1.29, 1.82) is 0 Å². The van der Waals surface area contributed by atoms with Crippen LogP contribution < -0.4 is 10.9 Å². The van der Waals surface area contributed by atoms with Crippen LogP contribution in [0.3, 0.4) is 0 Å². The number of hydrogen-bond donors (Lipinski definition) is 2. The predicted octanol–water partition coefficient (Wildman–Crippen LogP) is 1.47. The lowest BCUT2D eigenvalue weighted by atomic mass is 9.94. The standard InChI is InChI=1S/C19H28N4O2/c24-18(8-14-9-20-12-21-19(14)25)22-17-11-23(10-16(17)13-6-7-13)15-4-2-1-3-5-15/h9,12-13,15-17H,1-8,10-11H2,(H,22,24)(H,20,21,25)/t16-,17+/m1/s1. The van der Waals surface area contributed by atoms with Gasteiger partial charge in [-0.25, -0.2) is 4.98 Å². The number of amides is 1. The molecule has 1 aliphatic heterocycles. The first-order valence-corrected chi connectivity index (χ1v) is 9.75. The lowest BCUT2D eigenvalue weighted by Gasteiger charge is -2.31. The van der Waals surface area contributed by atoms with Crippen LogP contribution in [0.1, 0.15) is 50.5 Å². The van der Waals surface area contributed by atoms with Crippen LogP contribution in [0.15, 0.2) is 17.3 Å². The van der Waals surface area contributed by atoms with Crippen LogP contribution in [0.2, 0.25) is 0 Å². The maximum atomic E-state index is 12.5. The van der Waals surface area contributed by atoms with Crippen molar-refractivity contribution in [2.75, 3.05) is 13.1 Å². The zero-order valence-corrected chi connectivity index (χ0v) is 14.7. The summed E-state index contributed by atoms with van der Waals surface area (Å²) in [5.74, 6) is 1.30. The van der Waals surface area contributed by atoms with Gasteiger partial charge in [-0.15, -0.1) is 0 Å². The minimum atomic E-state index is -0.223. The Hall–Kier alpha value is -1.69. The Morgan fingerprint density at radius 2 is 2.00 bits per heavy atom. The first kappa shape index (κ1) is 16.8. The lowest BCUT2D eigenvalue weighted by molar-refractivity contribution is -0.121. The molecule has 2 aliphatic carbocycles. The smallest absolute Gasteiger partial charge is 0.254 e. The summed E-state index contributed by atoms with van der Waals surface area (Å²) in [5, 5.41) is 3.23. The van der Waals surface area contributed by atoms with Gasteiger partial charge in [0.1, 0.15) is 0 Å². The third kappa shape index (κ3) is 3.94. The van der Waals surface area contributed by atoms with Crippen LogP contribution >= 0.6 is 0 Å². The van der Waals surface area contributed by atoms with Gasteiger partial charge >= 0.3 is 0 Å². The van der Waals surface area contributed by atoms with Gasteiger partial charge in [0.15, 0.2) is 0 Å². The number of carbonyl (C=O) groups excluding carboxylic acids is 1. The SMILES string of the molecule is O=C(Cc1cnc[nH]c1=O)N[C@H]1CN(C2CCCCC2)C[C@@H]1C1CC1. The van der Waals surface area contributed by atoms with Gasteiger partial charge in [0, 0.05) is 36.9 Å². The second kappa shape index (κ2) is 7.28. The molecular weight excluding hydrogens is 316 g/mol. The van der Waals surface area contributed by atoms with E-state index >= 15 is 0 Å². The molecule has 2 saturated carbocycles. The lowest BCUT2D eigenvalue weighted by Crippen LogP contribution is -2.43. The van der Waals surface area contributed by atoms with E-state index in [0.717, 1.165) is 19.0 Å². The van der Waals surface area contributed by atoms with E-state index in [1.165, 1.54) is 57.5 Å². The largest absolute Gasteiger partial charge is 0.351 e. The average molecular weight is 344 g/mol. The number of rotatable bonds is 5. The quantitative estimate of drug-likeness (QED) is 0.848. The topological polar surface area (TPSA) is 78.1 Å². The van der Waals surface area contributed by atoms with Crippen LogP contribution in [0.5, 0.6) is 0 Å². The minimum Gasteiger partial charge on any atom is -0.351 e. The Labute approximate surface area is 148 Å². The molecule has 3 aliphatic rings. The van der Waals surface area contributed by atoms with Crippen molar-refractivity contribution < 1.29 is 4.79 Å². The van der Waals surface area contributed by atoms with Gasteiger partial charge in [0.25, 0.3) is 5.56 Å². The fraction of sp³-hybridized carbons (Fsp3) is 0.737. The summed E-state index contributed by atoms with van der Waals surface area (Å²) < 4.78 is 0. The zero-order valence-electron chi connectivity index (χ0n) is 14.7. The summed E-state index contributed by atoms with van der Waals surface area (Å²) in [7, 11) is 0. The number of nitrogens with one attached hydrogen (secondary N) is 2. The molecule has 2 N–H and O–H groups in total. The summed E-state index contributed by atoms with van der Waals surface area (Å²) in [4.78, 5) is 33.3. The zero-order chi connectivity index (χ0) is 17.2. The van der Waals surface area contributed by atoms with Crippen LogP contribution in [0, 0.1) is 11.8 Å². The summed E-state index contributed by atoms with van der Waals surface area (Å²) in [6.45, 7) is 2.11. The molecular formula is C19H28N4O2. The van der Waals surface area contributed by atoms with E-state index in [9.17, 15) is 9.59 Å². The van der Waals surface area contributed by atoms with Crippen LogP contribution in [0.25, 0.3) is 0 Å². The highest BCUT2D eigenvalue weighted by molar-refractivity contribution is 5.78. The highest BCUT2D eigenvalue weighted by Gasteiger charge is 2.44. The van der Waals surface area contributed by atoms with Gasteiger partial charge in [-0.05, 0) is 37.5 Å². The van der Waals surface area contributed by atoms with Crippen molar-refractivity contribution in [2.24, 2.45) is 11.8 Å². The summed E-state index contributed by atoms with van der Waals surface area (Å²) in [6, 6.07) is 0.941. The van der Waals surface area contributed by atoms with E-state index in [-0.39, 0.29) is 23.9 Å².